The molecule has 0 unspecified atom stereocenters. The van der Waals surface area contributed by atoms with E-state index < -0.39 is 0 Å². The molecule has 0 spiro atoms. The highest BCUT2D eigenvalue weighted by molar-refractivity contribution is 5.22. The zero-order valence-electron chi connectivity index (χ0n) is 8.64. The number of benzene rings is 1. The van der Waals surface area contributed by atoms with Crippen LogP contribution in [-0.2, 0) is 13.0 Å². The first-order valence-electron chi connectivity index (χ1n) is 5.09. The Bertz CT molecular complexity index is 225. The molecule has 0 heterocycles. The van der Waals surface area contributed by atoms with Gasteiger partial charge in [0, 0.05) is 6.54 Å². The fourth-order valence-electron chi connectivity index (χ4n) is 1.41. The third kappa shape index (κ3) is 3.60. The molecule has 1 rings (SSSR count). The number of hydrogen-bond donors (Lipinski definition) is 1. The third-order valence-electron chi connectivity index (χ3n) is 2.22. The van der Waals surface area contributed by atoms with E-state index in [-0.39, 0.29) is 0 Å². The van der Waals surface area contributed by atoms with Crippen LogP contribution in [0.5, 0.6) is 0 Å². The normalized spacial score (nSPS) is 10.3. The molecule has 13 heavy (non-hydrogen) atoms. The molecule has 0 bridgehead atoms. The van der Waals surface area contributed by atoms with Gasteiger partial charge in [-0.2, -0.15) is 0 Å². The Balaban J connectivity index is 2.48. The van der Waals surface area contributed by atoms with Crippen molar-refractivity contribution in [2.75, 3.05) is 7.05 Å². The highest BCUT2D eigenvalue weighted by atomic mass is 14.8. The van der Waals surface area contributed by atoms with Crippen molar-refractivity contribution in [2.24, 2.45) is 0 Å². The monoisotopic (exact) mass is 177 g/mol. The maximum Gasteiger partial charge on any atom is 0.0202 e. The van der Waals surface area contributed by atoms with Gasteiger partial charge < -0.3 is 5.32 Å². The molecule has 1 aromatic carbocycles. The van der Waals surface area contributed by atoms with E-state index in [1.54, 1.807) is 0 Å². The molecule has 0 atom stereocenters. The smallest absolute Gasteiger partial charge is 0.0202 e. The lowest BCUT2D eigenvalue weighted by Crippen LogP contribution is -2.04. The van der Waals surface area contributed by atoms with Crippen LogP contribution in [0.2, 0.25) is 0 Å². The van der Waals surface area contributed by atoms with Gasteiger partial charge in [-0.15, -0.1) is 0 Å². The standard InChI is InChI=1S/C12H19N/c1-3-4-5-11-6-8-12(9-7-11)10-13-2/h6-9,13H,3-5,10H2,1-2H3. The highest BCUT2D eigenvalue weighted by Gasteiger charge is 1.93. The summed E-state index contributed by atoms with van der Waals surface area (Å²) < 4.78 is 0. The quantitative estimate of drug-likeness (QED) is 0.729. The van der Waals surface area contributed by atoms with Gasteiger partial charge in [0.15, 0.2) is 0 Å². The van der Waals surface area contributed by atoms with Gasteiger partial charge in [0.2, 0.25) is 0 Å². The summed E-state index contributed by atoms with van der Waals surface area (Å²) in [5.74, 6) is 0. The van der Waals surface area contributed by atoms with E-state index in [0.717, 1.165) is 6.54 Å². The van der Waals surface area contributed by atoms with Crippen LogP contribution in [0.1, 0.15) is 30.9 Å². The van der Waals surface area contributed by atoms with Gasteiger partial charge in [0.25, 0.3) is 0 Å². The van der Waals surface area contributed by atoms with E-state index in [9.17, 15) is 0 Å². The summed E-state index contributed by atoms with van der Waals surface area (Å²) in [7, 11) is 1.98. The van der Waals surface area contributed by atoms with E-state index >= 15 is 0 Å². The Hall–Kier alpha value is -0.820. The minimum absolute atomic E-state index is 0.966. The van der Waals surface area contributed by atoms with Crippen molar-refractivity contribution in [3.8, 4) is 0 Å². The van der Waals surface area contributed by atoms with Crippen molar-refractivity contribution in [2.45, 2.75) is 32.7 Å². The molecule has 0 radical (unpaired) electrons. The fraction of sp³-hybridized carbons (Fsp3) is 0.500. The van der Waals surface area contributed by atoms with Gasteiger partial charge in [-0.05, 0) is 31.0 Å². The van der Waals surface area contributed by atoms with E-state index in [0.29, 0.717) is 0 Å². The predicted octanol–water partition coefficient (Wildman–Crippen LogP) is 2.75. The first-order valence-corrected chi connectivity index (χ1v) is 5.09. The average Bonchev–Trinajstić information content (AvgIpc) is 2.17. The molecule has 0 saturated carbocycles. The van der Waals surface area contributed by atoms with Crippen LogP contribution in [-0.4, -0.2) is 7.05 Å². The molecule has 72 valence electrons. The van der Waals surface area contributed by atoms with Crippen molar-refractivity contribution in [3.63, 3.8) is 0 Å². The molecule has 1 heteroatoms. The second-order valence-electron chi connectivity index (χ2n) is 3.45. The number of rotatable bonds is 5. The maximum absolute atomic E-state index is 3.15. The lowest BCUT2D eigenvalue weighted by Gasteiger charge is -2.02. The molecule has 0 aliphatic heterocycles. The molecular formula is C12H19N. The van der Waals surface area contributed by atoms with Crippen LogP contribution in [0.15, 0.2) is 24.3 Å². The SMILES string of the molecule is CCCCc1ccc(CNC)cc1. The lowest BCUT2D eigenvalue weighted by atomic mass is 10.1. The summed E-state index contributed by atoms with van der Waals surface area (Å²) in [4.78, 5) is 0. The summed E-state index contributed by atoms with van der Waals surface area (Å²) in [5, 5.41) is 3.15. The summed E-state index contributed by atoms with van der Waals surface area (Å²) in [6.45, 7) is 3.20. The summed E-state index contributed by atoms with van der Waals surface area (Å²) >= 11 is 0. The number of aryl methyl sites for hydroxylation is 1. The van der Waals surface area contributed by atoms with Gasteiger partial charge in [-0.1, -0.05) is 37.6 Å². The van der Waals surface area contributed by atoms with Crippen molar-refractivity contribution in [1.29, 1.82) is 0 Å². The van der Waals surface area contributed by atoms with Crippen LogP contribution in [0, 0.1) is 0 Å². The maximum atomic E-state index is 3.15. The second-order valence-corrected chi connectivity index (χ2v) is 3.45. The van der Waals surface area contributed by atoms with Crippen LogP contribution < -0.4 is 5.32 Å². The van der Waals surface area contributed by atoms with Crippen LogP contribution >= 0.6 is 0 Å². The first-order chi connectivity index (χ1) is 6.36. The molecule has 0 fully saturated rings. The zero-order chi connectivity index (χ0) is 9.52. The van der Waals surface area contributed by atoms with E-state index in [2.05, 4.69) is 36.5 Å². The predicted molar refractivity (Wildman–Crippen MR) is 57.8 cm³/mol. The Morgan fingerprint density at radius 3 is 2.23 bits per heavy atom. The Labute approximate surface area is 81.2 Å². The molecular weight excluding hydrogens is 158 g/mol. The largest absolute Gasteiger partial charge is 0.316 e. The van der Waals surface area contributed by atoms with Gasteiger partial charge in [0.1, 0.15) is 0 Å². The van der Waals surface area contributed by atoms with Gasteiger partial charge >= 0.3 is 0 Å². The molecule has 1 N–H and O–H groups in total. The molecule has 0 aliphatic carbocycles. The van der Waals surface area contributed by atoms with Crippen molar-refractivity contribution in [1.82, 2.24) is 5.32 Å². The van der Waals surface area contributed by atoms with Crippen molar-refractivity contribution >= 4 is 0 Å². The Morgan fingerprint density at radius 2 is 1.69 bits per heavy atom. The topological polar surface area (TPSA) is 12.0 Å². The molecule has 0 aromatic heterocycles. The minimum Gasteiger partial charge on any atom is -0.316 e. The third-order valence-corrected chi connectivity index (χ3v) is 2.22. The Kier molecular flexibility index (Phi) is 4.55. The number of unbranched alkanes of at least 4 members (excludes halogenated alkanes) is 1. The molecule has 0 saturated heterocycles. The molecule has 0 amide bonds. The number of nitrogens with one attached hydrogen (secondary N) is 1. The van der Waals surface area contributed by atoms with Crippen molar-refractivity contribution < 1.29 is 0 Å². The summed E-state index contributed by atoms with van der Waals surface area (Å²) in [6, 6.07) is 8.90. The van der Waals surface area contributed by atoms with Gasteiger partial charge in [-0.25, -0.2) is 0 Å². The van der Waals surface area contributed by atoms with Crippen LogP contribution in [0.3, 0.4) is 0 Å². The highest BCUT2D eigenvalue weighted by Crippen LogP contribution is 2.07. The van der Waals surface area contributed by atoms with Crippen LogP contribution in [0.4, 0.5) is 0 Å². The van der Waals surface area contributed by atoms with Gasteiger partial charge in [0.05, 0.1) is 0 Å². The van der Waals surface area contributed by atoms with E-state index in [4.69, 9.17) is 0 Å². The van der Waals surface area contributed by atoms with Crippen LogP contribution in [0.25, 0.3) is 0 Å². The molecule has 0 aliphatic rings. The van der Waals surface area contributed by atoms with Crippen molar-refractivity contribution in [3.05, 3.63) is 35.4 Å². The summed E-state index contributed by atoms with van der Waals surface area (Å²) in [5.41, 5.74) is 2.82. The first kappa shape index (κ1) is 10.3. The summed E-state index contributed by atoms with van der Waals surface area (Å²) in [6.07, 6.45) is 3.79. The van der Waals surface area contributed by atoms with E-state index in [1.807, 2.05) is 7.05 Å². The Morgan fingerprint density at radius 1 is 1.08 bits per heavy atom. The zero-order valence-corrected chi connectivity index (χ0v) is 8.64. The lowest BCUT2D eigenvalue weighted by molar-refractivity contribution is 0.790. The molecule has 1 nitrogen and oxygen atoms in total. The molecule has 1 aromatic rings. The fourth-order valence-corrected chi connectivity index (χ4v) is 1.41. The van der Waals surface area contributed by atoms with Gasteiger partial charge in [-0.3, -0.25) is 0 Å². The average molecular weight is 177 g/mol. The number of hydrogen-bond acceptors (Lipinski definition) is 1. The minimum atomic E-state index is 0.966. The van der Waals surface area contributed by atoms with E-state index in [1.165, 1.54) is 30.4 Å². The second kappa shape index (κ2) is 5.76.